The molecule has 10 nitrogen and oxygen atoms in total. The third-order valence-electron chi connectivity index (χ3n) is 8.52. The molecule has 44 heavy (non-hydrogen) atoms. The number of allylic oxidation sites excluding steroid dienone is 1. The van der Waals surface area contributed by atoms with Gasteiger partial charge in [0.1, 0.15) is 11.9 Å². The van der Waals surface area contributed by atoms with E-state index in [1.807, 2.05) is 42.5 Å². The standard InChI is InChI=1S/C33H43NO9S/c1-39-27-12-13-31-26(19-27)22-40-16-9-4-2-3-8-15-34(44(31,37)38)21-29(35)25(18-24-10-6-5-7-11-24)20-32(36)43-30-23-42-33-28(30)14-17-41-33/h4-7,9-13,19,25,28-30,33,35H,2-3,8,14-18,20-23H2,1H3/b9-4-/t25-,28+,29-,30+,33-/m1/s1. The minimum absolute atomic E-state index is 0.00522. The number of aliphatic hydroxyl groups is 1. The predicted molar refractivity (Wildman–Crippen MR) is 162 cm³/mol. The molecule has 3 aliphatic rings. The average molecular weight is 630 g/mol. The molecule has 0 unspecified atom stereocenters. The van der Waals surface area contributed by atoms with Crippen molar-refractivity contribution in [2.45, 2.75) is 68.5 Å². The van der Waals surface area contributed by atoms with Crippen LogP contribution in [0.2, 0.25) is 0 Å². The van der Waals surface area contributed by atoms with Crippen molar-refractivity contribution in [2.24, 2.45) is 11.8 Å². The summed E-state index contributed by atoms with van der Waals surface area (Å²) < 4.78 is 57.8. The number of β-amino-alcohol motifs (C(OH)–C–C–N with tert-alkyl or cyclic N) is 1. The first-order chi connectivity index (χ1) is 21.3. The third kappa shape index (κ3) is 8.26. The Labute approximate surface area is 259 Å². The lowest BCUT2D eigenvalue weighted by Crippen LogP contribution is -2.42. The van der Waals surface area contributed by atoms with Crippen molar-refractivity contribution in [2.75, 3.05) is 40.0 Å². The molecule has 0 amide bonds. The Morgan fingerprint density at radius 1 is 1.11 bits per heavy atom. The monoisotopic (exact) mass is 629 g/mol. The average Bonchev–Trinajstić information content (AvgIpc) is 3.64. The van der Waals surface area contributed by atoms with Gasteiger partial charge in [-0.2, -0.15) is 4.31 Å². The van der Waals surface area contributed by atoms with E-state index >= 15 is 0 Å². The smallest absolute Gasteiger partial charge is 0.306 e. The number of hydrogen-bond acceptors (Lipinski definition) is 9. The van der Waals surface area contributed by atoms with E-state index in [-0.39, 0.29) is 49.8 Å². The normalized spacial score (nSPS) is 26.2. The molecule has 0 aliphatic carbocycles. The number of methoxy groups -OCH3 is 1. The van der Waals surface area contributed by atoms with Gasteiger partial charge in [0, 0.05) is 24.6 Å². The predicted octanol–water partition coefficient (Wildman–Crippen LogP) is 3.86. The fourth-order valence-electron chi connectivity index (χ4n) is 6.07. The van der Waals surface area contributed by atoms with Crippen LogP contribution in [0.3, 0.4) is 0 Å². The van der Waals surface area contributed by atoms with Crippen LogP contribution in [0.4, 0.5) is 0 Å². The van der Waals surface area contributed by atoms with E-state index in [1.54, 1.807) is 12.1 Å². The topological polar surface area (TPSA) is 121 Å². The number of carbonyl (C=O) groups is 1. The summed E-state index contributed by atoms with van der Waals surface area (Å²) >= 11 is 0. The summed E-state index contributed by atoms with van der Waals surface area (Å²) in [5.74, 6) is -0.492. The van der Waals surface area contributed by atoms with Crippen molar-refractivity contribution < 1.29 is 42.0 Å². The Hall–Kier alpha value is -2.80. The van der Waals surface area contributed by atoms with E-state index in [9.17, 15) is 18.3 Å². The molecule has 2 fully saturated rings. The van der Waals surface area contributed by atoms with E-state index in [2.05, 4.69) is 0 Å². The lowest BCUT2D eigenvalue weighted by Gasteiger charge is -2.30. The molecule has 0 spiro atoms. The number of carbonyl (C=O) groups excluding carboxylic acids is 1. The van der Waals surface area contributed by atoms with Gasteiger partial charge in [-0.3, -0.25) is 4.79 Å². The Bertz CT molecular complexity index is 1370. The second-order valence-corrected chi connectivity index (χ2v) is 13.5. The Morgan fingerprint density at radius 3 is 2.77 bits per heavy atom. The molecule has 0 bridgehead atoms. The minimum atomic E-state index is -4.03. The lowest BCUT2D eigenvalue weighted by atomic mass is 9.90. The van der Waals surface area contributed by atoms with Crippen LogP contribution >= 0.6 is 0 Å². The Balaban J connectivity index is 1.37. The van der Waals surface area contributed by atoms with Gasteiger partial charge in [-0.25, -0.2) is 8.42 Å². The first kappa shape index (κ1) is 32.6. The SMILES string of the molecule is COc1ccc2c(c1)COC/C=C\CCCCN(C[C@@H](O)[C@@H](CC(=O)O[C@H]1CO[C@H]3OCC[C@H]31)Cc1ccccc1)S2(=O)=O. The number of hydrogen-bond donors (Lipinski definition) is 1. The van der Waals surface area contributed by atoms with Gasteiger partial charge in [-0.15, -0.1) is 0 Å². The maximum Gasteiger partial charge on any atom is 0.306 e. The number of nitrogens with zero attached hydrogens (tertiary/aromatic N) is 1. The number of esters is 1. The summed E-state index contributed by atoms with van der Waals surface area (Å²) in [6.45, 7) is 1.37. The van der Waals surface area contributed by atoms with Crippen molar-refractivity contribution in [3.8, 4) is 5.75 Å². The van der Waals surface area contributed by atoms with Crippen molar-refractivity contribution in [1.29, 1.82) is 0 Å². The number of aliphatic hydroxyl groups excluding tert-OH is 1. The number of benzene rings is 2. The van der Waals surface area contributed by atoms with Crippen molar-refractivity contribution in [3.05, 3.63) is 71.8 Å². The van der Waals surface area contributed by atoms with Crippen molar-refractivity contribution in [3.63, 3.8) is 0 Å². The molecule has 5 atom stereocenters. The highest BCUT2D eigenvalue weighted by Crippen LogP contribution is 2.34. The minimum Gasteiger partial charge on any atom is -0.497 e. The number of sulfonamides is 1. The number of rotatable bonds is 9. The van der Waals surface area contributed by atoms with Gasteiger partial charge in [0.05, 0.1) is 56.9 Å². The van der Waals surface area contributed by atoms with Gasteiger partial charge in [0.25, 0.3) is 0 Å². The van der Waals surface area contributed by atoms with Crippen molar-refractivity contribution in [1.82, 2.24) is 4.31 Å². The van der Waals surface area contributed by atoms with Gasteiger partial charge in [-0.1, -0.05) is 42.5 Å². The van der Waals surface area contributed by atoms with Gasteiger partial charge in [-0.05, 0) is 55.9 Å². The summed E-state index contributed by atoms with van der Waals surface area (Å²) in [4.78, 5) is 13.3. The fraction of sp³-hybridized carbons (Fsp3) is 0.545. The second-order valence-electron chi connectivity index (χ2n) is 11.6. The maximum absolute atomic E-state index is 14.2. The molecule has 11 heteroatoms. The van der Waals surface area contributed by atoms with Crippen LogP contribution in [-0.2, 0) is 46.8 Å². The summed E-state index contributed by atoms with van der Waals surface area (Å²) in [7, 11) is -2.51. The number of ether oxygens (including phenoxy) is 5. The largest absolute Gasteiger partial charge is 0.497 e. The summed E-state index contributed by atoms with van der Waals surface area (Å²) in [6.07, 6.45) is 5.38. The zero-order valence-electron chi connectivity index (χ0n) is 25.2. The van der Waals surface area contributed by atoms with Gasteiger partial charge in [0.15, 0.2) is 6.29 Å². The third-order valence-corrected chi connectivity index (χ3v) is 10.5. The Kier molecular flexibility index (Phi) is 11.5. The first-order valence-corrected chi connectivity index (χ1v) is 16.8. The quantitative estimate of drug-likeness (QED) is 0.326. The molecule has 240 valence electrons. The highest BCUT2D eigenvalue weighted by Gasteiger charge is 2.44. The summed E-state index contributed by atoms with van der Waals surface area (Å²) in [5.41, 5.74) is 1.42. The van der Waals surface area contributed by atoms with E-state index in [0.717, 1.165) is 24.8 Å². The summed E-state index contributed by atoms with van der Waals surface area (Å²) in [5, 5.41) is 11.7. The molecule has 3 aliphatic heterocycles. The maximum atomic E-state index is 14.2. The van der Waals surface area contributed by atoms with Crippen LogP contribution in [0, 0.1) is 11.8 Å². The first-order valence-electron chi connectivity index (χ1n) is 15.4. The van der Waals surface area contributed by atoms with E-state index in [4.69, 9.17) is 23.7 Å². The molecule has 1 N–H and O–H groups in total. The zero-order chi connectivity index (χ0) is 30.9. The molecule has 0 aromatic heterocycles. The van der Waals surface area contributed by atoms with Crippen LogP contribution in [0.15, 0.2) is 65.6 Å². The summed E-state index contributed by atoms with van der Waals surface area (Å²) in [6, 6.07) is 14.4. The van der Waals surface area contributed by atoms with Crippen molar-refractivity contribution >= 4 is 16.0 Å². The highest BCUT2D eigenvalue weighted by atomic mass is 32.2. The van der Waals surface area contributed by atoms with Gasteiger partial charge < -0.3 is 28.8 Å². The van der Waals surface area contributed by atoms with Crippen LogP contribution in [0.5, 0.6) is 5.75 Å². The van der Waals surface area contributed by atoms with E-state index in [0.29, 0.717) is 37.4 Å². The van der Waals surface area contributed by atoms with Crippen LogP contribution in [0.25, 0.3) is 0 Å². The molecule has 2 saturated heterocycles. The van der Waals surface area contributed by atoms with Gasteiger partial charge in [0.2, 0.25) is 10.0 Å². The van der Waals surface area contributed by atoms with Crippen LogP contribution in [0.1, 0.15) is 43.2 Å². The Morgan fingerprint density at radius 2 is 1.95 bits per heavy atom. The number of fused-ring (bicyclic) bond motifs is 2. The van der Waals surface area contributed by atoms with Crippen LogP contribution < -0.4 is 4.74 Å². The molecule has 3 heterocycles. The molecule has 5 rings (SSSR count). The highest BCUT2D eigenvalue weighted by molar-refractivity contribution is 7.89. The molecule has 2 aromatic rings. The zero-order valence-corrected chi connectivity index (χ0v) is 26.0. The van der Waals surface area contributed by atoms with Gasteiger partial charge >= 0.3 is 5.97 Å². The van der Waals surface area contributed by atoms with E-state index < -0.39 is 34.1 Å². The van der Waals surface area contributed by atoms with Crippen LogP contribution in [-0.4, -0.2) is 82.3 Å². The van der Waals surface area contributed by atoms with E-state index in [1.165, 1.54) is 17.5 Å². The molecule has 0 saturated carbocycles. The molecule has 0 radical (unpaired) electrons. The lowest BCUT2D eigenvalue weighted by molar-refractivity contribution is -0.153. The second kappa shape index (κ2) is 15.5. The molecule has 2 aromatic carbocycles. The molecular weight excluding hydrogens is 586 g/mol. The fourth-order valence-corrected chi connectivity index (χ4v) is 7.75. The molecular formula is C33H43NO9S.